The standard InChI is InChI=1S/C22H26N2O4S3/c1-2-3-4-5-8-12-23-17-10-7-6-9-16(17)18(20(23)25)19-21(26)24(22(29)30-19)15-11-13-31(27,28)14-15/h6-7,9-10,15H,2-5,8,11-14H2,1H3. The van der Waals surface area contributed by atoms with E-state index in [9.17, 15) is 18.0 Å². The summed E-state index contributed by atoms with van der Waals surface area (Å²) in [6, 6.07) is 7.09. The summed E-state index contributed by atoms with van der Waals surface area (Å²) in [5.41, 5.74) is 1.97. The minimum absolute atomic E-state index is 0.0637. The van der Waals surface area contributed by atoms with Gasteiger partial charge in [0.1, 0.15) is 4.32 Å². The Morgan fingerprint density at radius 1 is 1.10 bits per heavy atom. The first-order chi connectivity index (χ1) is 14.8. The first kappa shape index (κ1) is 22.5. The number of hydrogen-bond acceptors (Lipinski definition) is 6. The minimum atomic E-state index is -3.16. The second kappa shape index (κ2) is 9.03. The van der Waals surface area contributed by atoms with E-state index in [0.29, 0.717) is 27.8 Å². The predicted octanol–water partition coefficient (Wildman–Crippen LogP) is 3.76. The van der Waals surface area contributed by atoms with E-state index in [4.69, 9.17) is 12.2 Å². The number of carbonyl (C=O) groups is 2. The third kappa shape index (κ3) is 4.32. The molecule has 0 spiro atoms. The number of unbranched alkanes of at least 4 members (excludes halogenated alkanes) is 4. The average molecular weight is 479 g/mol. The van der Waals surface area contributed by atoms with Gasteiger partial charge >= 0.3 is 0 Å². The Labute approximate surface area is 193 Å². The molecule has 3 heterocycles. The molecule has 0 bridgehead atoms. The second-order valence-electron chi connectivity index (χ2n) is 8.19. The van der Waals surface area contributed by atoms with Crippen molar-refractivity contribution in [3.63, 3.8) is 0 Å². The third-order valence-corrected chi connectivity index (χ3v) is 9.16. The molecular weight excluding hydrogens is 452 g/mol. The molecule has 0 saturated carbocycles. The number of carbonyl (C=O) groups excluding carboxylic acids is 2. The Bertz CT molecular complexity index is 1060. The molecule has 3 aliphatic rings. The van der Waals surface area contributed by atoms with Gasteiger partial charge in [-0.25, -0.2) is 8.42 Å². The molecular formula is C22H26N2O4S3. The van der Waals surface area contributed by atoms with Gasteiger partial charge in [0.05, 0.1) is 33.7 Å². The number of amides is 2. The number of benzene rings is 1. The van der Waals surface area contributed by atoms with Gasteiger partial charge in [-0.3, -0.25) is 14.5 Å². The molecule has 1 aromatic carbocycles. The van der Waals surface area contributed by atoms with Gasteiger partial charge in [-0.05, 0) is 18.9 Å². The van der Waals surface area contributed by atoms with Crippen LogP contribution >= 0.6 is 24.0 Å². The predicted molar refractivity (Wildman–Crippen MR) is 129 cm³/mol. The molecule has 1 atom stereocenters. The quantitative estimate of drug-likeness (QED) is 0.337. The molecule has 6 nitrogen and oxygen atoms in total. The van der Waals surface area contributed by atoms with Gasteiger partial charge in [0.25, 0.3) is 11.8 Å². The molecule has 4 rings (SSSR count). The molecule has 1 aromatic rings. The molecule has 9 heteroatoms. The molecule has 2 fully saturated rings. The number of thioether (sulfide) groups is 1. The summed E-state index contributed by atoms with van der Waals surface area (Å²) in [5, 5.41) is 0. The number of anilines is 1. The summed E-state index contributed by atoms with van der Waals surface area (Å²) in [6.45, 7) is 2.79. The van der Waals surface area contributed by atoms with Crippen molar-refractivity contribution in [3.05, 3.63) is 34.7 Å². The molecule has 1 unspecified atom stereocenters. The summed E-state index contributed by atoms with van der Waals surface area (Å²) >= 11 is 6.55. The van der Waals surface area contributed by atoms with E-state index >= 15 is 0 Å². The van der Waals surface area contributed by atoms with Crippen LogP contribution in [0, 0.1) is 0 Å². The number of para-hydroxylation sites is 1. The lowest BCUT2D eigenvalue weighted by atomic mass is 10.1. The topological polar surface area (TPSA) is 74.8 Å². The summed E-state index contributed by atoms with van der Waals surface area (Å²) in [4.78, 5) is 30.2. The fourth-order valence-electron chi connectivity index (χ4n) is 4.42. The van der Waals surface area contributed by atoms with E-state index in [2.05, 4.69) is 6.92 Å². The van der Waals surface area contributed by atoms with Crippen LogP contribution in [0.2, 0.25) is 0 Å². The van der Waals surface area contributed by atoms with E-state index in [1.807, 2.05) is 24.3 Å². The smallest absolute Gasteiger partial charge is 0.267 e. The zero-order valence-electron chi connectivity index (χ0n) is 17.5. The van der Waals surface area contributed by atoms with Gasteiger partial charge in [-0.15, -0.1) is 0 Å². The fraction of sp³-hybridized carbons (Fsp3) is 0.500. The highest BCUT2D eigenvalue weighted by Crippen LogP contribution is 2.45. The van der Waals surface area contributed by atoms with Crippen molar-refractivity contribution < 1.29 is 18.0 Å². The Balaban J connectivity index is 1.62. The van der Waals surface area contributed by atoms with Crippen molar-refractivity contribution in [1.29, 1.82) is 0 Å². The number of nitrogens with zero attached hydrogens (tertiary/aromatic N) is 2. The maximum Gasteiger partial charge on any atom is 0.267 e. The maximum atomic E-state index is 13.4. The zero-order chi connectivity index (χ0) is 22.2. The van der Waals surface area contributed by atoms with E-state index < -0.39 is 15.9 Å². The van der Waals surface area contributed by atoms with Crippen LogP contribution < -0.4 is 4.90 Å². The van der Waals surface area contributed by atoms with Gasteiger partial charge in [-0.2, -0.15) is 0 Å². The summed E-state index contributed by atoms with van der Waals surface area (Å²) in [5.74, 6) is -0.527. The number of thiocarbonyl (C=S) groups is 1. The van der Waals surface area contributed by atoms with Crippen molar-refractivity contribution in [1.82, 2.24) is 4.90 Å². The molecule has 0 N–H and O–H groups in total. The number of hydrogen-bond donors (Lipinski definition) is 0. The van der Waals surface area contributed by atoms with Crippen molar-refractivity contribution in [2.75, 3.05) is 23.0 Å². The normalized spacial score (nSPS) is 25.1. The molecule has 0 aliphatic carbocycles. The monoisotopic (exact) mass is 478 g/mol. The molecule has 2 amide bonds. The molecule has 3 aliphatic heterocycles. The van der Waals surface area contributed by atoms with Gasteiger partial charge in [-0.1, -0.05) is 74.8 Å². The van der Waals surface area contributed by atoms with Crippen LogP contribution in [0.1, 0.15) is 51.0 Å². The number of rotatable bonds is 7. The molecule has 2 saturated heterocycles. The Kier molecular flexibility index (Phi) is 6.55. The molecule has 0 aromatic heterocycles. The van der Waals surface area contributed by atoms with Gasteiger partial charge in [0.2, 0.25) is 0 Å². The van der Waals surface area contributed by atoms with Crippen molar-refractivity contribution >= 4 is 61.2 Å². The lowest BCUT2D eigenvalue weighted by Gasteiger charge is -2.21. The van der Waals surface area contributed by atoms with Crippen LogP contribution in [0.5, 0.6) is 0 Å². The van der Waals surface area contributed by atoms with Crippen molar-refractivity contribution in [3.8, 4) is 0 Å². The highest BCUT2D eigenvalue weighted by Gasteiger charge is 2.46. The van der Waals surface area contributed by atoms with Crippen LogP contribution in [-0.4, -0.2) is 53.5 Å². The van der Waals surface area contributed by atoms with E-state index in [1.54, 1.807) is 4.90 Å². The number of sulfone groups is 1. The van der Waals surface area contributed by atoms with Crippen LogP contribution in [0.15, 0.2) is 29.2 Å². The van der Waals surface area contributed by atoms with Crippen LogP contribution in [0.3, 0.4) is 0 Å². The molecule has 0 radical (unpaired) electrons. The third-order valence-electron chi connectivity index (χ3n) is 6.01. The lowest BCUT2D eigenvalue weighted by molar-refractivity contribution is -0.123. The van der Waals surface area contributed by atoms with Gasteiger partial charge in [0.15, 0.2) is 9.84 Å². The first-order valence-corrected chi connectivity index (χ1v) is 13.8. The fourth-order valence-corrected chi connectivity index (χ4v) is 7.59. The zero-order valence-corrected chi connectivity index (χ0v) is 20.0. The van der Waals surface area contributed by atoms with Crippen molar-refractivity contribution in [2.45, 2.75) is 51.5 Å². The summed E-state index contributed by atoms with van der Waals surface area (Å²) in [6.07, 6.45) is 5.86. The summed E-state index contributed by atoms with van der Waals surface area (Å²) in [7, 11) is -3.16. The van der Waals surface area contributed by atoms with Crippen molar-refractivity contribution in [2.24, 2.45) is 0 Å². The SMILES string of the molecule is CCCCCCCN1C(=O)C(=C2SC(=S)N(C3CCS(=O)(=O)C3)C2=O)c2ccccc21. The Morgan fingerprint density at radius 3 is 2.55 bits per heavy atom. The van der Waals surface area contributed by atoms with E-state index in [0.717, 1.165) is 42.3 Å². The largest absolute Gasteiger partial charge is 0.308 e. The average Bonchev–Trinajstić information content (AvgIpc) is 3.32. The Hall–Kier alpha value is -1.71. The highest BCUT2D eigenvalue weighted by molar-refractivity contribution is 8.26. The summed E-state index contributed by atoms with van der Waals surface area (Å²) < 4.78 is 24.2. The van der Waals surface area contributed by atoms with Gasteiger partial charge < -0.3 is 4.90 Å². The highest BCUT2D eigenvalue weighted by atomic mass is 32.2. The van der Waals surface area contributed by atoms with Crippen LogP contribution in [0.4, 0.5) is 5.69 Å². The lowest BCUT2D eigenvalue weighted by Crippen LogP contribution is -2.39. The molecule has 166 valence electrons. The number of fused-ring (bicyclic) bond motifs is 1. The van der Waals surface area contributed by atoms with E-state index in [-0.39, 0.29) is 23.3 Å². The van der Waals surface area contributed by atoms with E-state index in [1.165, 1.54) is 17.7 Å². The first-order valence-electron chi connectivity index (χ1n) is 10.8. The van der Waals surface area contributed by atoms with Gasteiger partial charge in [0, 0.05) is 12.1 Å². The molecule has 31 heavy (non-hydrogen) atoms. The van der Waals surface area contributed by atoms with Crippen LogP contribution in [0.25, 0.3) is 5.57 Å². The second-order valence-corrected chi connectivity index (χ2v) is 12.1. The van der Waals surface area contributed by atoms with Crippen LogP contribution in [-0.2, 0) is 19.4 Å². The Morgan fingerprint density at radius 2 is 1.84 bits per heavy atom. The minimum Gasteiger partial charge on any atom is -0.308 e. The maximum absolute atomic E-state index is 13.4.